The Kier molecular flexibility index (Phi) is 6.18. The van der Waals surface area contributed by atoms with Gasteiger partial charge in [0.2, 0.25) is 0 Å². The van der Waals surface area contributed by atoms with Crippen LogP contribution in [0.4, 0.5) is 0 Å². The number of carbonyl (C=O) groups excluding carboxylic acids is 4. The Bertz CT molecular complexity index is 1510. The molecule has 12 heteroatoms. The average Bonchev–Trinajstić information content (AvgIpc) is 2.90. The quantitative estimate of drug-likeness (QED) is 0.220. The van der Waals surface area contributed by atoms with E-state index in [9.17, 15) is 19.2 Å². The lowest BCUT2D eigenvalue weighted by molar-refractivity contribution is 0.0553. The maximum Gasteiger partial charge on any atom is 0.280 e. The van der Waals surface area contributed by atoms with E-state index in [0.29, 0.717) is 33.0 Å². The lowest BCUT2D eigenvalue weighted by atomic mass is 9.95. The van der Waals surface area contributed by atoms with E-state index in [1.807, 2.05) is 24.3 Å². The number of hydrogen-bond acceptors (Lipinski definition) is 6. The molecule has 2 aliphatic rings. The number of rotatable bonds is 2. The Morgan fingerprint density at radius 1 is 0.526 bits per heavy atom. The van der Waals surface area contributed by atoms with Gasteiger partial charge in [0.05, 0.1) is 22.3 Å². The Hall–Kier alpha value is -4.94. The second-order valence-corrected chi connectivity index (χ2v) is 9.14. The van der Waals surface area contributed by atoms with E-state index in [1.54, 1.807) is 48.5 Å². The van der Waals surface area contributed by atoms with Crippen LogP contribution >= 0.6 is 24.4 Å². The molecule has 4 aromatic rings. The summed E-state index contributed by atoms with van der Waals surface area (Å²) >= 11 is 9.37. The van der Waals surface area contributed by atoms with E-state index in [1.165, 1.54) is 0 Å². The van der Waals surface area contributed by atoms with E-state index in [0.717, 1.165) is 20.8 Å². The highest BCUT2D eigenvalue weighted by Gasteiger charge is 2.34. The number of hydrogen-bond donors (Lipinski definition) is 4. The van der Waals surface area contributed by atoms with Gasteiger partial charge < -0.3 is 11.5 Å². The number of nitrogens with one attached hydrogen (secondary N) is 2. The second kappa shape index (κ2) is 9.50. The predicted octanol–water partition coefficient (Wildman–Crippen LogP) is 2.37. The van der Waals surface area contributed by atoms with Gasteiger partial charge in [-0.15, -0.1) is 0 Å². The Morgan fingerprint density at radius 3 is 1.03 bits per heavy atom. The zero-order valence-corrected chi connectivity index (χ0v) is 21.1. The molecule has 4 amide bonds. The van der Waals surface area contributed by atoms with Gasteiger partial charge in [-0.25, -0.2) is 0 Å². The molecule has 6 rings (SSSR count). The first kappa shape index (κ1) is 24.7. The predicted molar refractivity (Wildman–Crippen MR) is 149 cm³/mol. The summed E-state index contributed by atoms with van der Waals surface area (Å²) in [5, 5.41) is 4.47. The molecule has 0 aliphatic carbocycles. The zero-order chi connectivity index (χ0) is 27.1. The Labute approximate surface area is 226 Å². The number of nitrogens with two attached hydrogens (primary N) is 2. The smallest absolute Gasteiger partial charge is 0.280 e. The third-order valence-electron chi connectivity index (χ3n) is 5.99. The van der Waals surface area contributed by atoms with E-state index < -0.39 is 23.6 Å². The number of hydrazine groups is 2. The summed E-state index contributed by atoms with van der Waals surface area (Å²) in [6, 6.07) is 21.2. The fraction of sp³-hybridized carbons (Fsp3) is 0. The molecule has 4 aromatic carbocycles. The van der Waals surface area contributed by atoms with Gasteiger partial charge in [-0.05, 0) is 59.5 Å². The van der Waals surface area contributed by atoms with E-state index >= 15 is 0 Å². The SMILES string of the molecule is NC(=S)NN1C(=O)c2cccc3cccc(c23)C1=O.NC(=S)NN1C(=O)c2cccc3cccc(c23)C1=O. The highest BCUT2D eigenvalue weighted by Crippen LogP contribution is 2.30. The third kappa shape index (κ3) is 4.07. The van der Waals surface area contributed by atoms with Gasteiger partial charge in [-0.3, -0.25) is 30.0 Å². The van der Waals surface area contributed by atoms with Crippen molar-refractivity contribution >= 4 is 79.8 Å². The minimum absolute atomic E-state index is 0.131. The second-order valence-electron chi connectivity index (χ2n) is 8.26. The maximum atomic E-state index is 12.3. The fourth-order valence-electron chi connectivity index (χ4n) is 4.48. The third-order valence-corrected chi connectivity index (χ3v) is 6.17. The molecule has 0 spiro atoms. The van der Waals surface area contributed by atoms with Crippen LogP contribution in [0.5, 0.6) is 0 Å². The topological polar surface area (TPSA) is 151 Å². The highest BCUT2D eigenvalue weighted by atomic mass is 32.1. The van der Waals surface area contributed by atoms with Crippen LogP contribution in [0.15, 0.2) is 72.8 Å². The van der Waals surface area contributed by atoms with Crippen molar-refractivity contribution in [3.63, 3.8) is 0 Å². The van der Waals surface area contributed by atoms with Crippen LogP contribution in [-0.2, 0) is 0 Å². The van der Waals surface area contributed by atoms with Crippen LogP contribution in [0.2, 0.25) is 0 Å². The molecule has 0 saturated carbocycles. The van der Waals surface area contributed by atoms with Gasteiger partial charge in [0.25, 0.3) is 23.6 Å². The normalized spacial score (nSPS) is 13.8. The van der Waals surface area contributed by atoms with Gasteiger partial charge in [0.15, 0.2) is 10.2 Å². The molecule has 38 heavy (non-hydrogen) atoms. The van der Waals surface area contributed by atoms with Gasteiger partial charge in [-0.2, -0.15) is 10.0 Å². The largest absolute Gasteiger partial charge is 0.375 e. The summed E-state index contributed by atoms with van der Waals surface area (Å²) in [7, 11) is 0. The molecule has 0 bridgehead atoms. The first-order valence-corrected chi connectivity index (χ1v) is 11.9. The van der Waals surface area contributed by atoms with Crippen LogP contribution in [0.3, 0.4) is 0 Å². The number of benzene rings is 4. The number of amides is 4. The minimum atomic E-state index is -0.456. The Balaban J connectivity index is 0.000000155. The summed E-state index contributed by atoms with van der Waals surface area (Å²) in [5.74, 6) is -1.83. The lowest BCUT2D eigenvalue weighted by Crippen LogP contribution is -2.53. The highest BCUT2D eigenvalue weighted by molar-refractivity contribution is 7.80. The number of thiocarbonyl (C=S) groups is 2. The van der Waals surface area contributed by atoms with E-state index in [4.69, 9.17) is 11.5 Å². The first-order valence-electron chi connectivity index (χ1n) is 11.1. The first-order chi connectivity index (χ1) is 18.2. The fourth-order valence-corrected chi connectivity index (χ4v) is 4.67. The van der Waals surface area contributed by atoms with Crippen molar-refractivity contribution in [1.29, 1.82) is 0 Å². The van der Waals surface area contributed by atoms with Crippen molar-refractivity contribution in [3.8, 4) is 0 Å². The molecule has 2 heterocycles. The molecular weight excluding hydrogens is 524 g/mol. The maximum absolute atomic E-state index is 12.3. The number of carbonyl (C=O) groups is 4. The molecular formula is C26H18N6O4S2. The van der Waals surface area contributed by atoms with Crippen LogP contribution in [-0.4, -0.2) is 43.9 Å². The number of nitrogens with zero attached hydrogens (tertiary/aromatic N) is 2. The van der Waals surface area contributed by atoms with Crippen molar-refractivity contribution in [1.82, 2.24) is 20.9 Å². The van der Waals surface area contributed by atoms with Crippen LogP contribution in [0.25, 0.3) is 21.5 Å². The number of imide groups is 2. The van der Waals surface area contributed by atoms with Gasteiger partial charge >= 0.3 is 0 Å². The van der Waals surface area contributed by atoms with Crippen molar-refractivity contribution in [2.75, 3.05) is 0 Å². The monoisotopic (exact) mass is 542 g/mol. The summed E-state index contributed by atoms with van der Waals surface area (Å²) in [6.45, 7) is 0. The molecule has 0 saturated heterocycles. The molecule has 0 aromatic heterocycles. The summed E-state index contributed by atoms with van der Waals surface area (Å²) < 4.78 is 0. The molecule has 6 N–H and O–H groups in total. The van der Waals surface area contributed by atoms with Gasteiger partial charge in [-0.1, -0.05) is 48.5 Å². The van der Waals surface area contributed by atoms with Crippen LogP contribution in [0, 0.1) is 0 Å². The van der Waals surface area contributed by atoms with E-state index in [2.05, 4.69) is 35.3 Å². The van der Waals surface area contributed by atoms with Gasteiger partial charge in [0.1, 0.15) is 0 Å². The standard InChI is InChI=1S/2C13H9N3O2S/c2*14-13(19)15-16-11(17)8-5-1-3-7-4-2-6-9(10(7)8)12(16)18/h2*1-6H,(H3,14,15,19). The van der Waals surface area contributed by atoms with Crippen LogP contribution < -0.4 is 22.3 Å². The van der Waals surface area contributed by atoms with Gasteiger partial charge in [0, 0.05) is 10.8 Å². The molecule has 10 nitrogen and oxygen atoms in total. The molecule has 0 atom stereocenters. The van der Waals surface area contributed by atoms with Crippen molar-refractivity contribution < 1.29 is 19.2 Å². The molecule has 188 valence electrons. The summed E-state index contributed by atoms with van der Waals surface area (Å²) in [6.07, 6.45) is 0. The van der Waals surface area contributed by atoms with Crippen molar-refractivity contribution in [3.05, 3.63) is 95.1 Å². The summed E-state index contributed by atoms with van der Waals surface area (Å²) in [4.78, 5) is 49.1. The molecule has 0 radical (unpaired) electrons. The Morgan fingerprint density at radius 2 is 0.789 bits per heavy atom. The molecule has 0 fully saturated rings. The molecule has 0 unspecified atom stereocenters. The average molecular weight is 543 g/mol. The van der Waals surface area contributed by atoms with Crippen molar-refractivity contribution in [2.45, 2.75) is 0 Å². The minimum Gasteiger partial charge on any atom is -0.375 e. The zero-order valence-electron chi connectivity index (χ0n) is 19.4. The van der Waals surface area contributed by atoms with E-state index in [-0.39, 0.29) is 10.2 Å². The summed E-state index contributed by atoms with van der Waals surface area (Å²) in [5.41, 5.74) is 17.3. The molecule has 2 aliphatic heterocycles. The lowest BCUT2D eigenvalue weighted by Gasteiger charge is -2.27. The van der Waals surface area contributed by atoms with Crippen LogP contribution in [0.1, 0.15) is 41.4 Å². The van der Waals surface area contributed by atoms with Crippen molar-refractivity contribution in [2.24, 2.45) is 11.5 Å².